The van der Waals surface area contributed by atoms with Gasteiger partial charge in [0.15, 0.2) is 5.82 Å². The van der Waals surface area contributed by atoms with Gasteiger partial charge in [0, 0.05) is 18.1 Å². The van der Waals surface area contributed by atoms with Crippen LogP contribution in [0.25, 0.3) is 15.5 Å². The lowest BCUT2D eigenvalue weighted by Crippen LogP contribution is -1.93. The molecule has 0 aliphatic rings. The average molecular weight is 262 g/mol. The van der Waals surface area contributed by atoms with E-state index in [0.717, 1.165) is 12.2 Å². The van der Waals surface area contributed by atoms with E-state index in [9.17, 15) is 10.2 Å². The molecule has 6 nitrogen and oxygen atoms in total. The largest absolute Gasteiger partial charge is 0.508 e. The number of phenolic OH excluding ortho intramolecular Hbond substituents is 2. The number of hydrogen-bond donors (Lipinski definition) is 2. The summed E-state index contributed by atoms with van der Waals surface area (Å²) >= 11 is 1.36. The summed E-state index contributed by atoms with van der Waals surface area (Å²) in [7, 11) is 0. The van der Waals surface area contributed by atoms with E-state index >= 15 is 0 Å². The lowest BCUT2D eigenvalue weighted by molar-refractivity contribution is 0.451. The normalized spacial score (nSPS) is 11.2. The van der Waals surface area contributed by atoms with E-state index in [4.69, 9.17) is 0 Å². The van der Waals surface area contributed by atoms with Crippen LogP contribution >= 0.6 is 11.3 Å². The standard InChI is InChI=1S/C11H10N4O2S/c1-2-9-12-13-11-15(9)14-10(18-11)6-3-7(16)5-8(17)4-6/h3-5,16-17H,2H2,1H3. The van der Waals surface area contributed by atoms with Crippen LogP contribution in [0.1, 0.15) is 12.7 Å². The summed E-state index contributed by atoms with van der Waals surface area (Å²) in [6, 6.07) is 4.38. The minimum atomic E-state index is 0.00619. The number of nitrogens with zero attached hydrogens (tertiary/aromatic N) is 4. The fourth-order valence-electron chi connectivity index (χ4n) is 1.71. The van der Waals surface area contributed by atoms with Crippen LogP contribution in [0.4, 0.5) is 0 Å². The van der Waals surface area contributed by atoms with Gasteiger partial charge in [-0.1, -0.05) is 18.3 Å². The molecule has 0 spiro atoms. The Labute approximate surface area is 106 Å². The van der Waals surface area contributed by atoms with E-state index in [1.807, 2.05) is 6.92 Å². The van der Waals surface area contributed by atoms with E-state index < -0.39 is 0 Å². The summed E-state index contributed by atoms with van der Waals surface area (Å²) in [6.07, 6.45) is 0.746. The van der Waals surface area contributed by atoms with Crippen molar-refractivity contribution in [1.82, 2.24) is 19.8 Å². The van der Waals surface area contributed by atoms with Crippen LogP contribution in [-0.2, 0) is 6.42 Å². The Morgan fingerprint density at radius 1 is 1.17 bits per heavy atom. The molecule has 18 heavy (non-hydrogen) atoms. The molecule has 0 aliphatic carbocycles. The molecule has 92 valence electrons. The van der Waals surface area contributed by atoms with Crippen molar-refractivity contribution < 1.29 is 10.2 Å². The first kappa shape index (κ1) is 11.0. The van der Waals surface area contributed by atoms with Crippen LogP contribution in [0.5, 0.6) is 11.5 Å². The lowest BCUT2D eigenvalue weighted by Gasteiger charge is -1.98. The summed E-state index contributed by atoms with van der Waals surface area (Å²) in [5.74, 6) is 0.801. The van der Waals surface area contributed by atoms with Crippen molar-refractivity contribution in [3.05, 3.63) is 24.0 Å². The van der Waals surface area contributed by atoms with Gasteiger partial charge >= 0.3 is 0 Å². The summed E-state index contributed by atoms with van der Waals surface area (Å²) in [5.41, 5.74) is 0.657. The Hall–Kier alpha value is -2.15. The number of aromatic hydroxyl groups is 2. The fourth-order valence-corrected chi connectivity index (χ4v) is 2.56. The minimum Gasteiger partial charge on any atom is -0.508 e. The van der Waals surface area contributed by atoms with Crippen LogP contribution in [0.15, 0.2) is 18.2 Å². The first-order chi connectivity index (χ1) is 8.67. The zero-order chi connectivity index (χ0) is 12.7. The Morgan fingerprint density at radius 2 is 1.89 bits per heavy atom. The van der Waals surface area contributed by atoms with Crippen LogP contribution in [-0.4, -0.2) is 30.0 Å². The third-order valence-corrected chi connectivity index (χ3v) is 3.47. The maximum Gasteiger partial charge on any atom is 0.234 e. The number of hydrogen-bond acceptors (Lipinski definition) is 6. The Balaban J connectivity index is 2.16. The van der Waals surface area contributed by atoms with Gasteiger partial charge in [-0.25, -0.2) is 0 Å². The highest BCUT2D eigenvalue weighted by Gasteiger charge is 2.12. The second-order valence-electron chi connectivity index (χ2n) is 3.81. The molecule has 0 saturated heterocycles. The van der Waals surface area contributed by atoms with Gasteiger partial charge in [0.2, 0.25) is 4.96 Å². The number of rotatable bonds is 2. The molecule has 0 unspecified atom stereocenters. The molecule has 0 saturated carbocycles. The molecule has 0 fully saturated rings. The summed E-state index contributed by atoms with van der Waals surface area (Å²) in [4.78, 5) is 0.699. The monoisotopic (exact) mass is 262 g/mol. The molecule has 2 heterocycles. The van der Waals surface area contributed by atoms with Crippen molar-refractivity contribution >= 4 is 16.3 Å². The van der Waals surface area contributed by atoms with Crippen molar-refractivity contribution in [2.45, 2.75) is 13.3 Å². The number of phenols is 2. The SMILES string of the molecule is CCc1nnc2sc(-c3cc(O)cc(O)c3)nn12. The first-order valence-corrected chi connectivity index (χ1v) is 6.23. The van der Waals surface area contributed by atoms with Crippen molar-refractivity contribution in [1.29, 1.82) is 0 Å². The van der Waals surface area contributed by atoms with Crippen LogP contribution in [0, 0.1) is 0 Å². The zero-order valence-corrected chi connectivity index (χ0v) is 10.3. The molecule has 0 amide bonds. The highest BCUT2D eigenvalue weighted by atomic mass is 32.1. The van der Waals surface area contributed by atoms with Crippen molar-refractivity contribution in [3.8, 4) is 22.1 Å². The summed E-state index contributed by atoms with van der Waals surface area (Å²) in [5, 5.41) is 32.0. The second kappa shape index (κ2) is 3.95. The molecule has 3 aromatic rings. The van der Waals surface area contributed by atoms with Gasteiger partial charge in [-0.3, -0.25) is 0 Å². The molecule has 0 aliphatic heterocycles. The third kappa shape index (κ3) is 1.68. The van der Waals surface area contributed by atoms with Crippen molar-refractivity contribution in [2.24, 2.45) is 0 Å². The van der Waals surface area contributed by atoms with Crippen LogP contribution in [0.2, 0.25) is 0 Å². The van der Waals surface area contributed by atoms with E-state index in [2.05, 4.69) is 15.3 Å². The summed E-state index contributed by atoms with van der Waals surface area (Å²) in [6.45, 7) is 1.98. The van der Waals surface area contributed by atoms with Crippen LogP contribution < -0.4 is 0 Å². The molecular weight excluding hydrogens is 252 g/mol. The van der Waals surface area contributed by atoms with Crippen LogP contribution in [0.3, 0.4) is 0 Å². The fraction of sp³-hybridized carbons (Fsp3) is 0.182. The molecule has 2 N–H and O–H groups in total. The topological polar surface area (TPSA) is 83.5 Å². The molecule has 0 bridgehead atoms. The Morgan fingerprint density at radius 3 is 2.56 bits per heavy atom. The molecule has 2 aromatic heterocycles. The lowest BCUT2D eigenvalue weighted by atomic mass is 10.2. The number of aryl methyl sites for hydroxylation is 1. The summed E-state index contributed by atoms with van der Waals surface area (Å²) < 4.78 is 1.68. The Bertz CT molecular complexity index is 699. The molecular formula is C11H10N4O2S. The quantitative estimate of drug-likeness (QED) is 0.736. The van der Waals surface area contributed by atoms with Gasteiger partial charge in [-0.15, -0.1) is 10.2 Å². The zero-order valence-electron chi connectivity index (χ0n) is 9.53. The molecule has 3 rings (SSSR count). The van der Waals surface area contributed by atoms with E-state index in [1.165, 1.54) is 17.4 Å². The van der Waals surface area contributed by atoms with Gasteiger partial charge in [0.05, 0.1) is 0 Å². The van der Waals surface area contributed by atoms with Gasteiger partial charge in [0.1, 0.15) is 16.5 Å². The second-order valence-corrected chi connectivity index (χ2v) is 4.77. The van der Waals surface area contributed by atoms with Crippen molar-refractivity contribution in [3.63, 3.8) is 0 Å². The van der Waals surface area contributed by atoms with Crippen molar-refractivity contribution in [2.75, 3.05) is 0 Å². The van der Waals surface area contributed by atoms with Gasteiger partial charge in [-0.05, 0) is 12.1 Å². The number of fused-ring (bicyclic) bond motifs is 1. The van der Waals surface area contributed by atoms with Gasteiger partial charge in [-0.2, -0.15) is 9.61 Å². The first-order valence-electron chi connectivity index (χ1n) is 5.42. The van der Waals surface area contributed by atoms with Gasteiger partial charge in [0.25, 0.3) is 0 Å². The third-order valence-electron chi connectivity index (χ3n) is 2.52. The van der Waals surface area contributed by atoms with Gasteiger partial charge < -0.3 is 10.2 Å². The predicted molar refractivity (Wildman–Crippen MR) is 66.8 cm³/mol. The smallest absolute Gasteiger partial charge is 0.234 e. The predicted octanol–water partition coefficient (Wildman–Crippen LogP) is 1.83. The van der Waals surface area contributed by atoms with E-state index in [1.54, 1.807) is 16.6 Å². The number of benzene rings is 1. The number of aromatic nitrogens is 4. The molecule has 1 aromatic carbocycles. The average Bonchev–Trinajstić information content (AvgIpc) is 2.86. The minimum absolute atomic E-state index is 0.00619. The highest BCUT2D eigenvalue weighted by molar-refractivity contribution is 7.19. The Kier molecular flexibility index (Phi) is 2.41. The van der Waals surface area contributed by atoms with E-state index in [-0.39, 0.29) is 11.5 Å². The van der Waals surface area contributed by atoms with E-state index in [0.29, 0.717) is 15.5 Å². The highest BCUT2D eigenvalue weighted by Crippen LogP contribution is 2.31. The molecule has 7 heteroatoms. The maximum absolute atomic E-state index is 9.46. The molecule has 0 radical (unpaired) electrons. The molecule has 0 atom stereocenters. The maximum atomic E-state index is 9.46.